The van der Waals surface area contributed by atoms with Gasteiger partial charge in [-0.05, 0) is 86.6 Å². The maximum atomic E-state index is 13.0. The highest BCUT2D eigenvalue weighted by Crippen LogP contribution is 2.30. The van der Waals surface area contributed by atoms with Gasteiger partial charge < -0.3 is 15.4 Å². The van der Waals surface area contributed by atoms with Crippen molar-refractivity contribution in [2.24, 2.45) is 0 Å². The molecule has 0 saturated carbocycles. The van der Waals surface area contributed by atoms with E-state index in [1.807, 2.05) is 12.1 Å². The van der Waals surface area contributed by atoms with E-state index in [4.69, 9.17) is 16.3 Å². The van der Waals surface area contributed by atoms with Crippen molar-refractivity contribution < 1.29 is 23.9 Å². The van der Waals surface area contributed by atoms with Gasteiger partial charge in [-0.3, -0.25) is 14.4 Å². The monoisotopic (exact) mass is 581 g/mol. The van der Waals surface area contributed by atoms with Crippen LogP contribution in [0.2, 0.25) is 0 Å². The summed E-state index contributed by atoms with van der Waals surface area (Å²) in [5.74, 6) is -2.15. The topological polar surface area (TPSA) is 105 Å². The van der Waals surface area contributed by atoms with E-state index in [-0.39, 0.29) is 28.4 Å². The Morgan fingerprint density at radius 3 is 2.00 bits per heavy atom. The van der Waals surface area contributed by atoms with Crippen LogP contribution in [0.5, 0.6) is 0 Å². The SMILES string of the molecule is CC(C)OC(=O)c1ccc(N2C(=O)C(Cl)=C(Nc3ccc(C(=O)Nc4ccc(Br)cc4)cc3)C2=O)cc1. The highest BCUT2D eigenvalue weighted by molar-refractivity contribution is 9.10. The van der Waals surface area contributed by atoms with E-state index in [0.717, 1.165) is 9.37 Å². The van der Waals surface area contributed by atoms with Crippen LogP contribution in [0.15, 0.2) is 88.0 Å². The zero-order valence-corrected chi connectivity index (χ0v) is 22.1. The van der Waals surface area contributed by atoms with Crippen molar-refractivity contribution in [2.45, 2.75) is 20.0 Å². The van der Waals surface area contributed by atoms with Gasteiger partial charge in [0.05, 0.1) is 17.4 Å². The van der Waals surface area contributed by atoms with E-state index in [1.165, 1.54) is 24.3 Å². The van der Waals surface area contributed by atoms with Gasteiger partial charge in [0.15, 0.2) is 0 Å². The van der Waals surface area contributed by atoms with Crippen molar-refractivity contribution in [2.75, 3.05) is 15.5 Å². The lowest BCUT2D eigenvalue weighted by molar-refractivity contribution is -0.120. The summed E-state index contributed by atoms with van der Waals surface area (Å²) >= 11 is 9.55. The number of hydrogen-bond acceptors (Lipinski definition) is 6. The molecule has 3 amide bonds. The van der Waals surface area contributed by atoms with Crippen molar-refractivity contribution in [3.63, 3.8) is 0 Å². The van der Waals surface area contributed by atoms with E-state index >= 15 is 0 Å². The molecule has 0 unspecified atom stereocenters. The minimum atomic E-state index is -0.697. The normalized spacial score (nSPS) is 13.3. The number of carbonyl (C=O) groups is 4. The number of amides is 3. The standard InChI is InChI=1S/C27H21BrClN3O5/c1-15(2)37-27(36)17-5-13-21(14-6-17)32-25(34)22(29)23(26(32)35)30-19-9-3-16(4-10-19)24(33)31-20-11-7-18(28)8-12-20/h3-15,30H,1-2H3,(H,31,33). The molecule has 0 fully saturated rings. The average molecular weight is 583 g/mol. The molecule has 2 N–H and O–H groups in total. The fourth-order valence-corrected chi connectivity index (χ4v) is 3.94. The van der Waals surface area contributed by atoms with Crippen LogP contribution in [0.1, 0.15) is 34.6 Å². The van der Waals surface area contributed by atoms with E-state index in [1.54, 1.807) is 50.2 Å². The van der Waals surface area contributed by atoms with Crippen LogP contribution in [-0.4, -0.2) is 29.8 Å². The number of anilines is 3. The van der Waals surface area contributed by atoms with Crippen LogP contribution in [0, 0.1) is 0 Å². The predicted octanol–water partition coefficient (Wildman–Crippen LogP) is 5.70. The summed E-state index contributed by atoms with van der Waals surface area (Å²) < 4.78 is 6.05. The van der Waals surface area contributed by atoms with Crippen LogP contribution in [0.4, 0.5) is 17.1 Å². The Labute approximate surface area is 226 Å². The molecule has 8 nitrogen and oxygen atoms in total. The summed E-state index contributed by atoms with van der Waals surface area (Å²) in [5, 5.41) is 5.39. The molecule has 1 heterocycles. The lowest BCUT2D eigenvalue weighted by Gasteiger charge is -2.16. The summed E-state index contributed by atoms with van der Waals surface area (Å²) in [7, 11) is 0. The first-order valence-corrected chi connectivity index (χ1v) is 12.3. The molecule has 3 aromatic carbocycles. The smallest absolute Gasteiger partial charge is 0.338 e. The second-order valence-electron chi connectivity index (χ2n) is 8.30. The molecule has 0 bridgehead atoms. The van der Waals surface area contributed by atoms with Crippen molar-refractivity contribution in [3.8, 4) is 0 Å². The number of rotatable bonds is 7. The van der Waals surface area contributed by atoms with Crippen molar-refractivity contribution in [1.82, 2.24) is 0 Å². The zero-order chi connectivity index (χ0) is 26.7. The largest absolute Gasteiger partial charge is 0.459 e. The number of ether oxygens (including phenoxy) is 1. The number of nitrogens with one attached hydrogen (secondary N) is 2. The summed E-state index contributed by atoms with van der Waals surface area (Å²) in [5.41, 5.74) is 1.96. The molecule has 10 heteroatoms. The van der Waals surface area contributed by atoms with E-state index in [9.17, 15) is 19.2 Å². The number of nitrogens with zero attached hydrogens (tertiary/aromatic N) is 1. The van der Waals surface area contributed by atoms with Crippen LogP contribution < -0.4 is 15.5 Å². The molecule has 3 aromatic rings. The van der Waals surface area contributed by atoms with Gasteiger partial charge in [-0.25, -0.2) is 9.69 Å². The molecule has 4 rings (SSSR count). The van der Waals surface area contributed by atoms with Gasteiger partial charge in [0.1, 0.15) is 10.7 Å². The highest BCUT2D eigenvalue weighted by Gasteiger charge is 2.39. The van der Waals surface area contributed by atoms with Gasteiger partial charge in [0.25, 0.3) is 17.7 Å². The van der Waals surface area contributed by atoms with Crippen molar-refractivity contribution >= 4 is 68.3 Å². The lowest BCUT2D eigenvalue weighted by atomic mass is 10.2. The zero-order valence-electron chi connectivity index (χ0n) is 19.7. The van der Waals surface area contributed by atoms with E-state index in [2.05, 4.69) is 26.6 Å². The predicted molar refractivity (Wildman–Crippen MR) is 145 cm³/mol. The summed E-state index contributed by atoms with van der Waals surface area (Å²) in [6.07, 6.45) is -0.277. The molecule has 0 aromatic heterocycles. The number of imide groups is 1. The van der Waals surface area contributed by atoms with Gasteiger partial charge >= 0.3 is 5.97 Å². The van der Waals surface area contributed by atoms with Gasteiger partial charge in [-0.2, -0.15) is 0 Å². The average Bonchev–Trinajstić information content (AvgIpc) is 3.08. The maximum Gasteiger partial charge on any atom is 0.338 e. The van der Waals surface area contributed by atoms with Gasteiger partial charge in [0.2, 0.25) is 0 Å². The minimum Gasteiger partial charge on any atom is -0.459 e. The van der Waals surface area contributed by atoms with Crippen LogP contribution >= 0.6 is 27.5 Å². The first-order chi connectivity index (χ1) is 17.6. The first kappa shape index (κ1) is 26.1. The van der Waals surface area contributed by atoms with Gasteiger partial charge in [-0.15, -0.1) is 0 Å². The minimum absolute atomic E-state index is 0.0953. The Morgan fingerprint density at radius 1 is 0.838 bits per heavy atom. The Kier molecular flexibility index (Phi) is 7.75. The summed E-state index contributed by atoms with van der Waals surface area (Å²) in [6.45, 7) is 3.48. The van der Waals surface area contributed by atoms with Crippen LogP contribution in [0.25, 0.3) is 0 Å². The third-order valence-corrected chi connectivity index (χ3v) is 6.13. The molecule has 0 aliphatic carbocycles. The van der Waals surface area contributed by atoms with E-state index < -0.39 is 17.8 Å². The van der Waals surface area contributed by atoms with Gasteiger partial charge in [0, 0.05) is 21.4 Å². The maximum absolute atomic E-state index is 13.0. The van der Waals surface area contributed by atoms with Crippen molar-refractivity contribution in [1.29, 1.82) is 0 Å². The van der Waals surface area contributed by atoms with Crippen LogP contribution in [-0.2, 0) is 14.3 Å². The third-order valence-electron chi connectivity index (χ3n) is 5.25. The molecule has 37 heavy (non-hydrogen) atoms. The number of benzene rings is 3. The molecule has 0 atom stereocenters. The molecule has 188 valence electrons. The first-order valence-electron chi connectivity index (χ1n) is 11.2. The number of esters is 1. The molecule has 1 aliphatic rings. The lowest BCUT2D eigenvalue weighted by Crippen LogP contribution is -2.32. The quantitative estimate of drug-likeness (QED) is 0.273. The molecule has 0 saturated heterocycles. The van der Waals surface area contributed by atoms with E-state index in [0.29, 0.717) is 22.5 Å². The molecule has 1 aliphatic heterocycles. The second kappa shape index (κ2) is 11.0. The Balaban J connectivity index is 1.44. The fourth-order valence-electron chi connectivity index (χ4n) is 3.46. The van der Waals surface area contributed by atoms with Crippen molar-refractivity contribution in [3.05, 3.63) is 99.1 Å². The second-order valence-corrected chi connectivity index (χ2v) is 9.59. The van der Waals surface area contributed by atoms with Crippen LogP contribution in [0.3, 0.4) is 0 Å². The summed E-state index contributed by atoms with van der Waals surface area (Å²) in [4.78, 5) is 51.3. The number of hydrogen-bond donors (Lipinski definition) is 2. The molecular weight excluding hydrogens is 562 g/mol. The Hall–Kier alpha value is -3.95. The summed E-state index contributed by atoms with van der Waals surface area (Å²) in [6, 6.07) is 19.4. The third kappa shape index (κ3) is 5.90. The Bertz CT molecular complexity index is 1400. The fraction of sp³-hybridized carbons (Fsp3) is 0.111. The van der Waals surface area contributed by atoms with Gasteiger partial charge in [-0.1, -0.05) is 27.5 Å². The molecule has 0 spiro atoms. The highest BCUT2D eigenvalue weighted by atomic mass is 79.9. The molecular formula is C27H21BrClN3O5. The Morgan fingerprint density at radius 2 is 1.41 bits per heavy atom. The molecule has 0 radical (unpaired) electrons. The number of carbonyl (C=O) groups excluding carboxylic acids is 4. The number of halogens is 2.